The average Bonchev–Trinajstić information content (AvgIpc) is 2.52. The van der Waals surface area contributed by atoms with Crippen molar-refractivity contribution in [3.8, 4) is 0 Å². The van der Waals surface area contributed by atoms with Crippen molar-refractivity contribution in [3.63, 3.8) is 0 Å². The summed E-state index contributed by atoms with van der Waals surface area (Å²) in [6.45, 7) is 2.06. The summed E-state index contributed by atoms with van der Waals surface area (Å²) < 4.78 is 0. The topological polar surface area (TPSA) is 42.0 Å². The zero-order valence-electron chi connectivity index (χ0n) is 7.26. The van der Waals surface area contributed by atoms with Crippen molar-refractivity contribution in [2.75, 3.05) is 7.05 Å². The van der Waals surface area contributed by atoms with E-state index in [1.165, 1.54) is 0 Å². The third kappa shape index (κ3) is 2.30. The third-order valence-electron chi connectivity index (χ3n) is 1.52. The SMILES string of the molecule is CCc1nc(CC(=O)NC)cs1. The number of amides is 1. The second kappa shape index (κ2) is 4.21. The lowest BCUT2D eigenvalue weighted by Crippen LogP contribution is -2.20. The maximum atomic E-state index is 10.9. The number of aryl methyl sites for hydroxylation is 1. The van der Waals surface area contributed by atoms with Gasteiger partial charge < -0.3 is 5.32 Å². The Labute approximate surface area is 75.8 Å². The van der Waals surface area contributed by atoms with Crippen molar-refractivity contribution < 1.29 is 4.79 Å². The number of likely N-dealkylation sites (N-methyl/N-ethyl adjacent to an activating group) is 1. The Kier molecular flexibility index (Phi) is 3.22. The van der Waals surface area contributed by atoms with Gasteiger partial charge in [0.1, 0.15) is 0 Å². The molecule has 1 rings (SSSR count). The highest BCUT2D eigenvalue weighted by Crippen LogP contribution is 2.10. The second-order valence-corrected chi connectivity index (χ2v) is 3.38. The van der Waals surface area contributed by atoms with Gasteiger partial charge in [0, 0.05) is 12.4 Å². The van der Waals surface area contributed by atoms with E-state index in [0.29, 0.717) is 6.42 Å². The molecule has 0 aliphatic carbocycles. The van der Waals surface area contributed by atoms with Crippen molar-refractivity contribution in [3.05, 3.63) is 16.1 Å². The highest BCUT2D eigenvalue weighted by Gasteiger charge is 2.04. The molecule has 1 amide bonds. The maximum Gasteiger partial charge on any atom is 0.225 e. The Hall–Kier alpha value is -0.900. The molecule has 0 bridgehead atoms. The van der Waals surface area contributed by atoms with E-state index in [9.17, 15) is 4.79 Å². The standard InChI is InChI=1S/C8H12N2OS/c1-3-8-10-6(5-12-8)4-7(11)9-2/h5H,3-4H2,1-2H3,(H,9,11). The predicted octanol–water partition coefficient (Wildman–Crippen LogP) is 0.994. The lowest BCUT2D eigenvalue weighted by Gasteiger charge is -1.93. The summed E-state index contributed by atoms with van der Waals surface area (Å²) in [7, 11) is 1.63. The van der Waals surface area contributed by atoms with Crippen LogP contribution < -0.4 is 5.32 Å². The Morgan fingerprint density at radius 2 is 2.50 bits per heavy atom. The van der Waals surface area contributed by atoms with E-state index >= 15 is 0 Å². The van der Waals surface area contributed by atoms with E-state index in [1.807, 2.05) is 5.38 Å². The van der Waals surface area contributed by atoms with Crippen molar-refractivity contribution in [2.24, 2.45) is 0 Å². The molecule has 4 heteroatoms. The summed E-state index contributed by atoms with van der Waals surface area (Å²) in [5.41, 5.74) is 0.871. The van der Waals surface area contributed by atoms with Crippen LogP contribution in [0.3, 0.4) is 0 Å². The molecule has 12 heavy (non-hydrogen) atoms. The minimum atomic E-state index is 0.0166. The molecule has 0 aromatic carbocycles. The number of thiazole rings is 1. The van der Waals surface area contributed by atoms with Crippen LogP contribution in [0.1, 0.15) is 17.6 Å². The van der Waals surface area contributed by atoms with Crippen LogP contribution in [0, 0.1) is 0 Å². The van der Waals surface area contributed by atoms with Gasteiger partial charge >= 0.3 is 0 Å². The minimum absolute atomic E-state index is 0.0166. The minimum Gasteiger partial charge on any atom is -0.359 e. The van der Waals surface area contributed by atoms with Gasteiger partial charge in [-0.05, 0) is 6.42 Å². The first kappa shape index (κ1) is 9.19. The molecule has 0 unspecified atom stereocenters. The first-order chi connectivity index (χ1) is 5.76. The van der Waals surface area contributed by atoms with Gasteiger partial charge in [-0.3, -0.25) is 4.79 Å². The number of aromatic nitrogens is 1. The van der Waals surface area contributed by atoms with Gasteiger partial charge in [0.05, 0.1) is 17.1 Å². The molecule has 1 aromatic heterocycles. The fraction of sp³-hybridized carbons (Fsp3) is 0.500. The van der Waals surface area contributed by atoms with E-state index in [4.69, 9.17) is 0 Å². The number of hydrogen-bond acceptors (Lipinski definition) is 3. The smallest absolute Gasteiger partial charge is 0.225 e. The first-order valence-corrected chi connectivity index (χ1v) is 4.78. The summed E-state index contributed by atoms with van der Waals surface area (Å²) in [4.78, 5) is 15.2. The average molecular weight is 184 g/mol. The van der Waals surface area contributed by atoms with Crippen molar-refractivity contribution in [2.45, 2.75) is 19.8 Å². The molecular formula is C8H12N2OS. The maximum absolute atomic E-state index is 10.9. The zero-order valence-corrected chi connectivity index (χ0v) is 8.07. The molecule has 0 radical (unpaired) electrons. The van der Waals surface area contributed by atoms with E-state index in [0.717, 1.165) is 17.1 Å². The van der Waals surface area contributed by atoms with Crippen molar-refractivity contribution in [1.82, 2.24) is 10.3 Å². The largest absolute Gasteiger partial charge is 0.359 e. The van der Waals surface area contributed by atoms with Gasteiger partial charge in [0.2, 0.25) is 5.91 Å². The Balaban J connectivity index is 2.58. The fourth-order valence-corrected chi connectivity index (χ4v) is 1.59. The lowest BCUT2D eigenvalue weighted by atomic mass is 10.3. The molecule has 0 saturated carbocycles. The van der Waals surface area contributed by atoms with Gasteiger partial charge in [0.15, 0.2) is 0 Å². The van der Waals surface area contributed by atoms with Crippen LogP contribution in [-0.4, -0.2) is 17.9 Å². The number of carbonyl (C=O) groups is 1. The van der Waals surface area contributed by atoms with Crippen LogP contribution in [0.25, 0.3) is 0 Å². The monoisotopic (exact) mass is 184 g/mol. The Morgan fingerprint density at radius 1 is 1.75 bits per heavy atom. The normalized spacial score (nSPS) is 9.83. The van der Waals surface area contributed by atoms with Crippen LogP contribution in [-0.2, 0) is 17.6 Å². The zero-order chi connectivity index (χ0) is 8.97. The predicted molar refractivity (Wildman–Crippen MR) is 49.3 cm³/mol. The summed E-state index contributed by atoms with van der Waals surface area (Å²) in [5.74, 6) is 0.0166. The molecule has 1 heterocycles. The molecule has 0 aliphatic rings. The molecule has 0 atom stereocenters. The molecule has 0 spiro atoms. The first-order valence-electron chi connectivity index (χ1n) is 3.90. The van der Waals surface area contributed by atoms with E-state index in [1.54, 1.807) is 18.4 Å². The number of rotatable bonds is 3. The molecule has 1 aromatic rings. The van der Waals surface area contributed by atoms with Crippen molar-refractivity contribution >= 4 is 17.2 Å². The highest BCUT2D eigenvalue weighted by molar-refractivity contribution is 7.09. The van der Waals surface area contributed by atoms with Crippen LogP contribution in [0.2, 0.25) is 0 Å². The molecule has 1 N–H and O–H groups in total. The van der Waals surface area contributed by atoms with Crippen LogP contribution in [0.15, 0.2) is 5.38 Å². The molecule has 3 nitrogen and oxygen atoms in total. The lowest BCUT2D eigenvalue weighted by molar-refractivity contribution is -0.120. The van der Waals surface area contributed by atoms with Gasteiger partial charge in [0.25, 0.3) is 0 Å². The van der Waals surface area contributed by atoms with Crippen LogP contribution in [0.4, 0.5) is 0 Å². The molecule has 0 aliphatic heterocycles. The summed E-state index contributed by atoms with van der Waals surface area (Å²) in [6, 6.07) is 0. The molecule has 0 fully saturated rings. The third-order valence-corrected chi connectivity index (χ3v) is 2.56. The summed E-state index contributed by atoms with van der Waals surface area (Å²) >= 11 is 1.61. The molecular weight excluding hydrogens is 172 g/mol. The quantitative estimate of drug-likeness (QED) is 0.761. The van der Waals surface area contributed by atoms with Gasteiger partial charge in [-0.1, -0.05) is 6.92 Å². The van der Waals surface area contributed by atoms with E-state index in [2.05, 4.69) is 17.2 Å². The summed E-state index contributed by atoms with van der Waals surface area (Å²) in [5, 5.41) is 5.60. The Morgan fingerprint density at radius 3 is 3.00 bits per heavy atom. The van der Waals surface area contributed by atoms with E-state index < -0.39 is 0 Å². The second-order valence-electron chi connectivity index (χ2n) is 2.44. The number of hydrogen-bond donors (Lipinski definition) is 1. The molecule has 66 valence electrons. The number of nitrogens with zero attached hydrogens (tertiary/aromatic N) is 1. The number of carbonyl (C=O) groups excluding carboxylic acids is 1. The van der Waals surface area contributed by atoms with Crippen molar-refractivity contribution in [1.29, 1.82) is 0 Å². The number of nitrogens with one attached hydrogen (secondary N) is 1. The van der Waals surface area contributed by atoms with Gasteiger partial charge in [-0.25, -0.2) is 4.98 Å². The molecule has 0 saturated heterocycles. The fourth-order valence-electron chi connectivity index (χ4n) is 0.845. The van der Waals surface area contributed by atoms with Gasteiger partial charge in [-0.15, -0.1) is 11.3 Å². The van der Waals surface area contributed by atoms with Crippen LogP contribution in [0.5, 0.6) is 0 Å². The van der Waals surface area contributed by atoms with Gasteiger partial charge in [-0.2, -0.15) is 0 Å². The van der Waals surface area contributed by atoms with Crippen LogP contribution >= 0.6 is 11.3 Å². The summed E-state index contributed by atoms with van der Waals surface area (Å²) in [6.07, 6.45) is 1.34. The Bertz CT molecular complexity index is 270. The van der Waals surface area contributed by atoms with E-state index in [-0.39, 0.29) is 5.91 Å². The highest BCUT2D eigenvalue weighted by atomic mass is 32.1.